The second-order valence-corrected chi connectivity index (χ2v) is 6.85. The summed E-state index contributed by atoms with van der Waals surface area (Å²) in [6.07, 6.45) is 2.86. The van der Waals surface area contributed by atoms with E-state index in [0.717, 1.165) is 30.5 Å². The van der Waals surface area contributed by atoms with E-state index in [-0.39, 0.29) is 12.5 Å². The molecule has 6 nitrogen and oxygen atoms in total. The van der Waals surface area contributed by atoms with Gasteiger partial charge in [-0.25, -0.2) is 0 Å². The molecule has 0 aliphatic carbocycles. The monoisotopic (exact) mass is 435 g/mol. The zero-order valence-corrected chi connectivity index (χ0v) is 18.8. The van der Waals surface area contributed by atoms with E-state index in [1.54, 1.807) is 12.1 Å². The summed E-state index contributed by atoms with van der Waals surface area (Å²) in [6.45, 7) is 5.81. The predicted octanol–water partition coefficient (Wildman–Crippen LogP) is 3.45. The molecule has 2 rings (SSSR count). The fourth-order valence-corrected chi connectivity index (χ4v) is 2.53. The zero-order valence-electron chi connectivity index (χ0n) is 18.1. The summed E-state index contributed by atoms with van der Waals surface area (Å²) >= 11 is 5.82. The SMILES string of the molecule is CCCCNCC(=O)NCC=O.CNCc1cc(Cl)cc(C)c1O.c1ccccc1. The summed E-state index contributed by atoms with van der Waals surface area (Å²) in [7, 11) is 1.83. The molecule has 0 aromatic heterocycles. The van der Waals surface area contributed by atoms with E-state index < -0.39 is 0 Å². The first-order valence-corrected chi connectivity index (χ1v) is 10.4. The standard InChI is InChI=1S/C9H12ClNO.C8H16N2O2.C6H6/c1-6-3-8(10)4-7(5-11-2)9(6)12;1-2-3-4-9-7-8(12)10-5-6-11;1-2-4-6-5-3-1/h3-4,11-12H,5H2,1-2H3;6,9H,2-5,7H2,1H3,(H,10,12);1-6H. The molecule has 0 bridgehead atoms. The van der Waals surface area contributed by atoms with Crippen LogP contribution in [0.4, 0.5) is 0 Å². The van der Waals surface area contributed by atoms with Crippen LogP contribution in [0, 0.1) is 6.92 Å². The van der Waals surface area contributed by atoms with E-state index >= 15 is 0 Å². The van der Waals surface area contributed by atoms with Gasteiger partial charge < -0.3 is 25.9 Å². The number of carbonyl (C=O) groups excluding carboxylic acids is 2. The number of aryl methyl sites for hydroxylation is 1. The summed E-state index contributed by atoms with van der Waals surface area (Å²) in [6, 6.07) is 15.5. The zero-order chi connectivity index (χ0) is 22.6. The van der Waals surface area contributed by atoms with E-state index in [4.69, 9.17) is 11.6 Å². The van der Waals surface area contributed by atoms with Gasteiger partial charge in [0.05, 0.1) is 13.1 Å². The van der Waals surface area contributed by atoms with Gasteiger partial charge in [-0.3, -0.25) is 4.79 Å². The van der Waals surface area contributed by atoms with Gasteiger partial charge in [-0.2, -0.15) is 0 Å². The fraction of sp³-hybridized carbons (Fsp3) is 0.391. The van der Waals surface area contributed by atoms with Crippen molar-refractivity contribution in [2.75, 3.05) is 26.7 Å². The third-order valence-electron chi connectivity index (χ3n) is 3.75. The van der Waals surface area contributed by atoms with Crippen molar-refractivity contribution in [1.82, 2.24) is 16.0 Å². The second-order valence-electron chi connectivity index (χ2n) is 6.42. The Morgan fingerprint density at radius 1 is 1.13 bits per heavy atom. The van der Waals surface area contributed by atoms with Crippen LogP contribution in [0.25, 0.3) is 0 Å². The van der Waals surface area contributed by atoms with Gasteiger partial charge in [0.15, 0.2) is 0 Å². The molecule has 0 fully saturated rings. The lowest BCUT2D eigenvalue weighted by Crippen LogP contribution is -2.35. The highest BCUT2D eigenvalue weighted by molar-refractivity contribution is 6.30. The third kappa shape index (κ3) is 14.6. The van der Waals surface area contributed by atoms with Crippen LogP contribution >= 0.6 is 11.6 Å². The van der Waals surface area contributed by atoms with Crippen LogP contribution in [0.1, 0.15) is 30.9 Å². The summed E-state index contributed by atoms with van der Waals surface area (Å²) in [5.41, 5.74) is 1.65. The molecule has 0 aliphatic heterocycles. The molecule has 7 heteroatoms. The lowest BCUT2D eigenvalue weighted by molar-refractivity contribution is -0.121. The maximum atomic E-state index is 10.8. The van der Waals surface area contributed by atoms with Crippen molar-refractivity contribution in [2.24, 2.45) is 0 Å². The Balaban J connectivity index is 0.000000443. The third-order valence-corrected chi connectivity index (χ3v) is 3.97. The highest BCUT2D eigenvalue weighted by atomic mass is 35.5. The fourth-order valence-electron chi connectivity index (χ4n) is 2.24. The molecule has 166 valence electrons. The average molecular weight is 436 g/mol. The van der Waals surface area contributed by atoms with Crippen LogP contribution in [0.5, 0.6) is 5.75 Å². The molecule has 0 saturated carbocycles. The minimum absolute atomic E-state index is 0.105. The normalized spacial score (nSPS) is 9.47. The smallest absolute Gasteiger partial charge is 0.234 e. The average Bonchev–Trinajstić information content (AvgIpc) is 2.75. The molecular weight excluding hydrogens is 402 g/mol. The topological polar surface area (TPSA) is 90.5 Å². The first-order chi connectivity index (χ1) is 14.5. The minimum Gasteiger partial charge on any atom is -0.507 e. The van der Waals surface area contributed by atoms with Gasteiger partial charge in [0, 0.05) is 17.1 Å². The Labute approximate surface area is 185 Å². The molecule has 2 aromatic rings. The number of aromatic hydroxyl groups is 1. The molecule has 30 heavy (non-hydrogen) atoms. The maximum Gasteiger partial charge on any atom is 0.234 e. The van der Waals surface area contributed by atoms with Gasteiger partial charge in [0.1, 0.15) is 12.0 Å². The van der Waals surface area contributed by atoms with Crippen molar-refractivity contribution in [3.8, 4) is 5.75 Å². The number of amides is 1. The molecular formula is C23H34ClN3O3. The van der Waals surface area contributed by atoms with Gasteiger partial charge in [0.2, 0.25) is 5.91 Å². The van der Waals surface area contributed by atoms with Crippen molar-refractivity contribution in [1.29, 1.82) is 0 Å². The molecule has 0 heterocycles. The molecule has 0 atom stereocenters. The van der Waals surface area contributed by atoms with Gasteiger partial charge in [-0.05, 0) is 44.6 Å². The van der Waals surface area contributed by atoms with E-state index in [1.165, 1.54) is 0 Å². The number of phenols is 1. The first kappa shape index (κ1) is 27.6. The number of phenolic OH excluding ortho intramolecular Hbond substituents is 1. The quantitative estimate of drug-likeness (QED) is 0.358. The minimum atomic E-state index is -0.127. The summed E-state index contributed by atoms with van der Waals surface area (Å²) in [5.74, 6) is 0.201. The van der Waals surface area contributed by atoms with Gasteiger partial charge in [0.25, 0.3) is 0 Å². The van der Waals surface area contributed by atoms with Gasteiger partial charge >= 0.3 is 0 Å². The highest BCUT2D eigenvalue weighted by Crippen LogP contribution is 2.25. The van der Waals surface area contributed by atoms with Crippen molar-refractivity contribution < 1.29 is 14.7 Å². The van der Waals surface area contributed by atoms with Crippen LogP contribution in [-0.4, -0.2) is 44.0 Å². The van der Waals surface area contributed by atoms with E-state index in [9.17, 15) is 14.7 Å². The Bertz CT molecular complexity index is 686. The van der Waals surface area contributed by atoms with Crippen LogP contribution in [0.3, 0.4) is 0 Å². The molecule has 1 amide bonds. The van der Waals surface area contributed by atoms with E-state index in [2.05, 4.69) is 22.9 Å². The van der Waals surface area contributed by atoms with Crippen LogP contribution in [-0.2, 0) is 16.1 Å². The Hall–Kier alpha value is -2.41. The van der Waals surface area contributed by atoms with E-state index in [1.807, 2.05) is 50.4 Å². The number of carbonyl (C=O) groups is 2. The van der Waals surface area contributed by atoms with Crippen molar-refractivity contribution in [3.05, 3.63) is 64.7 Å². The number of halogens is 1. The highest BCUT2D eigenvalue weighted by Gasteiger charge is 2.04. The molecule has 0 spiro atoms. The predicted molar refractivity (Wildman–Crippen MR) is 124 cm³/mol. The van der Waals surface area contributed by atoms with Gasteiger partial charge in [-0.1, -0.05) is 61.3 Å². The number of rotatable bonds is 9. The largest absolute Gasteiger partial charge is 0.507 e. The lowest BCUT2D eigenvalue weighted by Gasteiger charge is -2.06. The molecule has 0 unspecified atom stereocenters. The van der Waals surface area contributed by atoms with Crippen molar-refractivity contribution in [3.63, 3.8) is 0 Å². The molecule has 4 N–H and O–H groups in total. The summed E-state index contributed by atoms with van der Waals surface area (Å²) in [4.78, 5) is 20.7. The molecule has 0 radical (unpaired) electrons. The number of unbranched alkanes of at least 4 members (excludes halogenated alkanes) is 1. The number of hydrogen-bond acceptors (Lipinski definition) is 5. The summed E-state index contributed by atoms with van der Waals surface area (Å²) < 4.78 is 0. The van der Waals surface area contributed by atoms with Crippen LogP contribution < -0.4 is 16.0 Å². The number of benzene rings is 2. The molecule has 0 aliphatic rings. The second kappa shape index (κ2) is 18.6. The lowest BCUT2D eigenvalue weighted by atomic mass is 10.1. The molecule has 2 aromatic carbocycles. The van der Waals surface area contributed by atoms with Crippen molar-refractivity contribution in [2.45, 2.75) is 33.2 Å². The van der Waals surface area contributed by atoms with Crippen molar-refractivity contribution >= 4 is 23.8 Å². The van der Waals surface area contributed by atoms with Crippen LogP contribution in [0.15, 0.2) is 48.5 Å². The first-order valence-electron chi connectivity index (χ1n) is 9.99. The maximum absolute atomic E-state index is 10.8. The summed E-state index contributed by atoms with van der Waals surface area (Å²) in [5, 5.41) is 18.6. The Kier molecular flexibility index (Phi) is 17.1. The van der Waals surface area contributed by atoms with Gasteiger partial charge in [-0.15, -0.1) is 0 Å². The number of hydrogen-bond donors (Lipinski definition) is 4. The Morgan fingerprint density at radius 3 is 2.23 bits per heavy atom. The number of nitrogens with one attached hydrogen (secondary N) is 3. The molecule has 0 saturated heterocycles. The number of aldehydes is 1. The van der Waals surface area contributed by atoms with E-state index in [0.29, 0.717) is 30.1 Å². The van der Waals surface area contributed by atoms with Crippen LogP contribution in [0.2, 0.25) is 5.02 Å². The Morgan fingerprint density at radius 2 is 1.73 bits per heavy atom.